The number of hydrazone groups is 1. The van der Waals surface area contributed by atoms with Crippen LogP contribution < -0.4 is 10.2 Å². The van der Waals surface area contributed by atoms with Crippen LogP contribution in [0.5, 0.6) is 5.75 Å². The number of nitrogens with zero attached hydrogens (tertiary/aromatic N) is 2. The van der Waals surface area contributed by atoms with Crippen LogP contribution in [0.1, 0.15) is 11.1 Å². The number of hydrogen-bond donors (Lipinski definition) is 1. The lowest BCUT2D eigenvalue weighted by Crippen LogP contribution is -2.39. The summed E-state index contributed by atoms with van der Waals surface area (Å²) in [6.45, 7) is 3.66. The van der Waals surface area contributed by atoms with Crippen LogP contribution in [0, 0.1) is 0 Å². The predicted molar refractivity (Wildman–Crippen MR) is 136 cm³/mol. The van der Waals surface area contributed by atoms with Crippen LogP contribution in [0.25, 0.3) is 0 Å². The molecular weight excluding hydrogens is 518 g/mol. The predicted octanol–water partition coefficient (Wildman–Crippen LogP) is 4.36. The lowest BCUT2D eigenvalue weighted by Gasteiger charge is -2.21. The Kier molecular flexibility index (Phi) is 9.15. The second-order valence-corrected chi connectivity index (χ2v) is 10.0. The number of rotatable bonds is 11. The highest BCUT2D eigenvalue weighted by Gasteiger charge is 2.26. The van der Waals surface area contributed by atoms with E-state index in [0.717, 1.165) is 19.9 Å². The molecule has 0 bridgehead atoms. The number of hydrogen-bond acceptors (Lipinski definition) is 5. The average Bonchev–Trinajstić information content (AvgIpc) is 2.84. The number of ether oxygens (including phenoxy) is 1. The Morgan fingerprint density at radius 1 is 1.03 bits per heavy atom. The number of benzene rings is 3. The Balaban J connectivity index is 1.70. The third-order valence-corrected chi connectivity index (χ3v) is 6.96. The Labute approximate surface area is 207 Å². The lowest BCUT2D eigenvalue weighted by atomic mass is 10.2. The summed E-state index contributed by atoms with van der Waals surface area (Å²) in [6.07, 6.45) is 3.13. The van der Waals surface area contributed by atoms with Crippen molar-refractivity contribution in [2.24, 2.45) is 5.10 Å². The van der Waals surface area contributed by atoms with Gasteiger partial charge in [-0.15, -0.1) is 0 Å². The summed E-state index contributed by atoms with van der Waals surface area (Å²) in [7, 11) is -3.92. The Morgan fingerprint density at radius 3 is 2.35 bits per heavy atom. The first-order valence-electron chi connectivity index (χ1n) is 10.3. The largest absolute Gasteiger partial charge is 0.490 e. The first-order valence-corrected chi connectivity index (χ1v) is 12.6. The van der Waals surface area contributed by atoms with Gasteiger partial charge in [0, 0.05) is 11.0 Å². The van der Waals surface area contributed by atoms with E-state index in [1.807, 2.05) is 30.3 Å². The third kappa shape index (κ3) is 7.38. The second kappa shape index (κ2) is 12.3. The third-order valence-electron chi connectivity index (χ3n) is 4.62. The zero-order chi connectivity index (χ0) is 24.4. The molecule has 0 radical (unpaired) electrons. The van der Waals surface area contributed by atoms with E-state index in [1.54, 1.807) is 42.5 Å². The number of amides is 1. The Hall–Kier alpha value is -3.27. The highest BCUT2D eigenvalue weighted by atomic mass is 79.9. The first kappa shape index (κ1) is 25.4. The maximum atomic E-state index is 13.3. The SMILES string of the molecule is C=CCOc1ccc(/C=N\NC(=O)CN(Cc2ccccc2)S(=O)(=O)c2ccc(Br)cc2)cc1. The zero-order valence-corrected chi connectivity index (χ0v) is 20.7. The first-order chi connectivity index (χ1) is 16.4. The molecular formula is C25H24BrN3O4S. The smallest absolute Gasteiger partial charge is 0.255 e. The van der Waals surface area contributed by atoms with Crippen molar-refractivity contribution >= 4 is 38.1 Å². The van der Waals surface area contributed by atoms with Crippen LogP contribution in [0.4, 0.5) is 0 Å². The van der Waals surface area contributed by atoms with Crippen molar-refractivity contribution in [1.29, 1.82) is 0 Å². The maximum Gasteiger partial charge on any atom is 0.255 e. The zero-order valence-electron chi connectivity index (χ0n) is 18.3. The normalized spacial score (nSPS) is 11.5. The summed E-state index contributed by atoms with van der Waals surface area (Å²) in [5.74, 6) is 0.134. The quantitative estimate of drug-likeness (QED) is 0.222. The maximum absolute atomic E-state index is 13.3. The van der Waals surface area contributed by atoms with Crippen LogP contribution in [0.2, 0.25) is 0 Å². The van der Waals surface area contributed by atoms with E-state index in [2.05, 4.69) is 33.0 Å². The molecule has 0 heterocycles. The minimum atomic E-state index is -3.92. The van der Waals surface area contributed by atoms with E-state index in [1.165, 1.54) is 18.3 Å². The minimum absolute atomic E-state index is 0.0442. The molecule has 34 heavy (non-hydrogen) atoms. The fraction of sp³-hybridized carbons (Fsp3) is 0.120. The standard InChI is InChI=1S/C25H24BrN3O4S/c1-2-16-33-23-12-8-20(9-13-23)17-27-28-25(30)19-29(18-21-6-4-3-5-7-21)34(31,32)24-14-10-22(26)11-15-24/h2-15,17H,1,16,18-19H2,(H,28,30)/b27-17-. The molecule has 0 aromatic heterocycles. The van der Waals surface area contributed by atoms with Gasteiger partial charge < -0.3 is 4.74 Å². The van der Waals surface area contributed by atoms with Crippen LogP contribution >= 0.6 is 15.9 Å². The monoisotopic (exact) mass is 541 g/mol. The molecule has 0 aliphatic rings. The van der Waals surface area contributed by atoms with Gasteiger partial charge in [-0.1, -0.05) is 58.9 Å². The molecule has 0 aliphatic heterocycles. The average molecular weight is 542 g/mol. The van der Waals surface area contributed by atoms with Crippen LogP contribution in [-0.4, -0.2) is 38.0 Å². The van der Waals surface area contributed by atoms with Crippen molar-refractivity contribution in [3.8, 4) is 5.75 Å². The van der Waals surface area contributed by atoms with Crippen molar-refractivity contribution in [3.05, 3.63) is 107 Å². The molecule has 0 fully saturated rings. The van der Waals surface area contributed by atoms with Crippen LogP contribution in [-0.2, 0) is 21.4 Å². The van der Waals surface area contributed by atoms with Crippen molar-refractivity contribution in [2.75, 3.05) is 13.2 Å². The summed E-state index contributed by atoms with van der Waals surface area (Å²) in [5, 5.41) is 3.95. The molecule has 1 N–H and O–H groups in total. The second-order valence-electron chi connectivity index (χ2n) is 7.17. The van der Waals surface area contributed by atoms with E-state index in [9.17, 15) is 13.2 Å². The van der Waals surface area contributed by atoms with Gasteiger partial charge in [0.2, 0.25) is 10.0 Å². The molecule has 176 valence electrons. The number of halogens is 1. The van der Waals surface area contributed by atoms with Crippen molar-refractivity contribution in [3.63, 3.8) is 0 Å². The van der Waals surface area contributed by atoms with Gasteiger partial charge in [0.05, 0.1) is 17.7 Å². The van der Waals surface area contributed by atoms with Gasteiger partial charge in [-0.2, -0.15) is 9.41 Å². The molecule has 1 amide bonds. The molecule has 0 atom stereocenters. The van der Waals surface area contributed by atoms with E-state index >= 15 is 0 Å². The lowest BCUT2D eigenvalue weighted by molar-refractivity contribution is -0.121. The van der Waals surface area contributed by atoms with E-state index in [-0.39, 0.29) is 18.0 Å². The highest BCUT2D eigenvalue weighted by molar-refractivity contribution is 9.10. The van der Waals surface area contributed by atoms with Gasteiger partial charge in [0.1, 0.15) is 12.4 Å². The van der Waals surface area contributed by atoms with Crippen LogP contribution in [0.3, 0.4) is 0 Å². The number of carbonyl (C=O) groups excluding carboxylic acids is 1. The highest BCUT2D eigenvalue weighted by Crippen LogP contribution is 2.20. The van der Waals surface area contributed by atoms with Gasteiger partial charge in [-0.05, 0) is 59.7 Å². The molecule has 3 rings (SSSR count). The number of carbonyl (C=O) groups is 1. The summed E-state index contributed by atoms with van der Waals surface area (Å²) in [4.78, 5) is 12.7. The van der Waals surface area contributed by atoms with Gasteiger partial charge >= 0.3 is 0 Å². The molecule has 3 aromatic rings. The molecule has 0 saturated heterocycles. The van der Waals surface area contributed by atoms with Crippen molar-refractivity contribution < 1.29 is 17.9 Å². The van der Waals surface area contributed by atoms with E-state index in [4.69, 9.17) is 4.74 Å². The molecule has 3 aromatic carbocycles. The fourth-order valence-corrected chi connectivity index (χ4v) is 4.60. The Morgan fingerprint density at radius 2 is 1.71 bits per heavy atom. The number of nitrogens with one attached hydrogen (secondary N) is 1. The molecule has 0 unspecified atom stereocenters. The van der Waals surface area contributed by atoms with Crippen molar-refractivity contribution in [2.45, 2.75) is 11.4 Å². The topological polar surface area (TPSA) is 88.1 Å². The van der Waals surface area contributed by atoms with Crippen LogP contribution in [0.15, 0.2) is 106 Å². The molecule has 7 nitrogen and oxygen atoms in total. The summed E-state index contributed by atoms with van der Waals surface area (Å²) in [6, 6.07) is 22.5. The summed E-state index contributed by atoms with van der Waals surface area (Å²) in [5.41, 5.74) is 3.91. The van der Waals surface area contributed by atoms with Gasteiger partial charge in [-0.25, -0.2) is 13.8 Å². The summed E-state index contributed by atoms with van der Waals surface area (Å²) >= 11 is 3.31. The van der Waals surface area contributed by atoms with Gasteiger partial charge in [0.15, 0.2) is 0 Å². The summed E-state index contributed by atoms with van der Waals surface area (Å²) < 4.78 is 33.8. The molecule has 0 saturated carbocycles. The molecule has 9 heteroatoms. The Bertz CT molecular complexity index is 1230. The fourth-order valence-electron chi connectivity index (χ4n) is 2.95. The van der Waals surface area contributed by atoms with Gasteiger partial charge in [0.25, 0.3) is 5.91 Å². The van der Waals surface area contributed by atoms with E-state index < -0.39 is 15.9 Å². The van der Waals surface area contributed by atoms with Gasteiger partial charge in [-0.3, -0.25) is 4.79 Å². The number of sulfonamides is 1. The molecule has 0 spiro atoms. The van der Waals surface area contributed by atoms with E-state index in [0.29, 0.717) is 12.4 Å². The van der Waals surface area contributed by atoms with Crippen molar-refractivity contribution in [1.82, 2.24) is 9.73 Å². The minimum Gasteiger partial charge on any atom is -0.490 e. The molecule has 0 aliphatic carbocycles.